The van der Waals surface area contributed by atoms with Crippen molar-refractivity contribution >= 4 is 17.6 Å². The summed E-state index contributed by atoms with van der Waals surface area (Å²) >= 11 is 0. The molecule has 0 bridgehead atoms. The number of nitrogens with two attached hydrogens (primary N) is 1. The van der Waals surface area contributed by atoms with Crippen LogP contribution in [-0.4, -0.2) is 42.6 Å². The van der Waals surface area contributed by atoms with Gasteiger partial charge in [0.2, 0.25) is 5.91 Å². The van der Waals surface area contributed by atoms with E-state index in [1.54, 1.807) is 18.2 Å². The van der Waals surface area contributed by atoms with E-state index in [0.29, 0.717) is 24.2 Å². The number of aryl methyl sites for hydroxylation is 1. The summed E-state index contributed by atoms with van der Waals surface area (Å²) < 4.78 is 5.21. The number of morpholine rings is 1. The third-order valence-corrected chi connectivity index (χ3v) is 3.53. The van der Waals surface area contributed by atoms with Crippen molar-refractivity contribution in [3.8, 4) is 6.07 Å². The maximum Gasteiger partial charge on any atom is 0.322 e. The number of benzene rings is 1. The van der Waals surface area contributed by atoms with Crippen molar-refractivity contribution in [2.45, 2.75) is 19.4 Å². The SMILES string of the molecule is CCc1cc(C#N)ccc1NC(=O)N1CCOC(C(N)=O)C1. The molecule has 1 aliphatic heterocycles. The zero-order valence-electron chi connectivity index (χ0n) is 12.3. The lowest BCUT2D eigenvalue weighted by atomic mass is 10.1. The van der Waals surface area contributed by atoms with Crippen molar-refractivity contribution in [3.05, 3.63) is 29.3 Å². The highest BCUT2D eigenvalue weighted by atomic mass is 16.5. The van der Waals surface area contributed by atoms with Crippen LogP contribution in [0.1, 0.15) is 18.1 Å². The number of anilines is 1. The number of carbonyl (C=O) groups excluding carboxylic acids is 2. The minimum absolute atomic E-state index is 0.138. The first kappa shape index (κ1) is 15.8. The van der Waals surface area contributed by atoms with Crippen LogP contribution >= 0.6 is 0 Å². The Morgan fingerprint density at radius 3 is 2.95 bits per heavy atom. The Kier molecular flexibility index (Phi) is 4.96. The van der Waals surface area contributed by atoms with Gasteiger partial charge in [0.25, 0.3) is 0 Å². The summed E-state index contributed by atoms with van der Waals surface area (Å²) in [7, 11) is 0. The molecule has 1 aromatic rings. The average Bonchev–Trinajstić information content (AvgIpc) is 2.55. The van der Waals surface area contributed by atoms with E-state index >= 15 is 0 Å². The Bertz CT molecular complexity index is 624. The molecular formula is C15H18N4O3. The largest absolute Gasteiger partial charge is 0.367 e. The number of ether oxygens (including phenoxy) is 1. The molecule has 0 aromatic heterocycles. The van der Waals surface area contributed by atoms with Crippen LogP contribution in [0.5, 0.6) is 0 Å². The molecule has 7 nitrogen and oxygen atoms in total. The highest BCUT2D eigenvalue weighted by Gasteiger charge is 2.27. The molecule has 2 rings (SSSR count). The molecule has 1 heterocycles. The predicted molar refractivity (Wildman–Crippen MR) is 80.1 cm³/mol. The van der Waals surface area contributed by atoms with Crippen LogP contribution < -0.4 is 11.1 Å². The van der Waals surface area contributed by atoms with Gasteiger partial charge in [-0.25, -0.2) is 4.79 Å². The molecular weight excluding hydrogens is 284 g/mol. The Labute approximate surface area is 128 Å². The van der Waals surface area contributed by atoms with Crippen LogP contribution in [-0.2, 0) is 16.0 Å². The maximum atomic E-state index is 12.3. The zero-order valence-corrected chi connectivity index (χ0v) is 12.3. The summed E-state index contributed by atoms with van der Waals surface area (Å²) in [5, 5.41) is 11.7. The summed E-state index contributed by atoms with van der Waals surface area (Å²) in [5.41, 5.74) is 7.30. The van der Waals surface area contributed by atoms with Gasteiger partial charge in [-0.05, 0) is 30.2 Å². The second-order valence-corrected chi connectivity index (χ2v) is 4.98. The second kappa shape index (κ2) is 6.91. The van der Waals surface area contributed by atoms with Gasteiger partial charge in [0.1, 0.15) is 0 Å². The molecule has 1 atom stereocenters. The number of rotatable bonds is 3. The molecule has 1 fully saturated rings. The van der Waals surface area contributed by atoms with E-state index in [9.17, 15) is 9.59 Å². The molecule has 3 amide bonds. The lowest BCUT2D eigenvalue weighted by Crippen LogP contribution is -2.51. The molecule has 116 valence electrons. The van der Waals surface area contributed by atoms with Gasteiger partial charge in [-0.1, -0.05) is 6.92 Å². The topological polar surface area (TPSA) is 108 Å². The molecule has 1 aromatic carbocycles. The predicted octanol–water partition coefficient (Wildman–Crippen LogP) is 0.839. The number of carbonyl (C=O) groups is 2. The quantitative estimate of drug-likeness (QED) is 0.862. The monoisotopic (exact) mass is 302 g/mol. The number of nitrogens with zero attached hydrogens (tertiary/aromatic N) is 2. The number of urea groups is 1. The molecule has 22 heavy (non-hydrogen) atoms. The average molecular weight is 302 g/mol. The minimum Gasteiger partial charge on any atom is -0.367 e. The fraction of sp³-hybridized carbons (Fsp3) is 0.400. The molecule has 1 unspecified atom stereocenters. The molecule has 1 saturated heterocycles. The zero-order chi connectivity index (χ0) is 16.1. The number of hydrogen-bond acceptors (Lipinski definition) is 4. The number of nitrogens with one attached hydrogen (secondary N) is 1. The first-order valence-electron chi connectivity index (χ1n) is 7.05. The molecule has 0 aliphatic carbocycles. The number of hydrogen-bond donors (Lipinski definition) is 2. The van der Waals surface area contributed by atoms with Crippen molar-refractivity contribution in [2.75, 3.05) is 25.0 Å². The molecule has 0 radical (unpaired) electrons. The van der Waals surface area contributed by atoms with Crippen molar-refractivity contribution in [3.63, 3.8) is 0 Å². The van der Waals surface area contributed by atoms with E-state index in [0.717, 1.165) is 5.56 Å². The van der Waals surface area contributed by atoms with Gasteiger partial charge in [0.15, 0.2) is 6.10 Å². The first-order chi connectivity index (χ1) is 10.5. The Hall–Kier alpha value is -2.59. The summed E-state index contributed by atoms with van der Waals surface area (Å²) in [6.45, 7) is 2.76. The molecule has 0 saturated carbocycles. The Balaban J connectivity index is 2.09. The minimum atomic E-state index is -0.772. The Morgan fingerprint density at radius 2 is 2.32 bits per heavy atom. The van der Waals surface area contributed by atoms with Gasteiger partial charge < -0.3 is 20.7 Å². The van der Waals surface area contributed by atoms with E-state index in [-0.39, 0.29) is 19.2 Å². The van der Waals surface area contributed by atoms with Gasteiger partial charge >= 0.3 is 6.03 Å². The van der Waals surface area contributed by atoms with E-state index in [4.69, 9.17) is 15.7 Å². The number of nitriles is 1. The molecule has 7 heteroatoms. The van der Waals surface area contributed by atoms with Gasteiger partial charge in [-0.15, -0.1) is 0 Å². The van der Waals surface area contributed by atoms with Crippen molar-refractivity contribution in [1.29, 1.82) is 5.26 Å². The summed E-state index contributed by atoms with van der Waals surface area (Å²) in [5.74, 6) is -0.579. The van der Waals surface area contributed by atoms with Gasteiger partial charge in [-0.2, -0.15) is 5.26 Å². The van der Waals surface area contributed by atoms with Crippen LogP contribution in [0.2, 0.25) is 0 Å². The number of primary amides is 1. The fourth-order valence-electron chi connectivity index (χ4n) is 2.28. The highest BCUT2D eigenvalue weighted by Crippen LogP contribution is 2.19. The van der Waals surface area contributed by atoms with Crippen LogP contribution in [0.15, 0.2) is 18.2 Å². The van der Waals surface area contributed by atoms with Crippen LogP contribution in [0.3, 0.4) is 0 Å². The van der Waals surface area contributed by atoms with Gasteiger partial charge in [0.05, 0.1) is 24.8 Å². The van der Waals surface area contributed by atoms with Crippen LogP contribution in [0, 0.1) is 11.3 Å². The van der Waals surface area contributed by atoms with E-state index in [1.807, 2.05) is 6.92 Å². The lowest BCUT2D eigenvalue weighted by Gasteiger charge is -2.31. The standard InChI is InChI=1S/C15H18N4O3/c1-2-11-7-10(8-16)3-4-12(11)18-15(21)19-5-6-22-13(9-19)14(17)20/h3-4,7,13H,2,5-6,9H2,1H3,(H2,17,20)(H,18,21). The third kappa shape index (κ3) is 3.54. The van der Waals surface area contributed by atoms with E-state index < -0.39 is 12.0 Å². The van der Waals surface area contributed by atoms with E-state index in [2.05, 4.69) is 11.4 Å². The maximum absolute atomic E-state index is 12.3. The summed E-state index contributed by atoms with van der Waals surface area (Å²) in [4.78, 5) is 25.0. The third-order valence-electron chi connectivity index (χ3n) is 3.53. The second-order valence-electron chi connectivity index (χ2n) is 4.98. The van der Waals surface area contributed by atoms with E-state index in [1.165, 1.54) is 4.90 Å². The van der Waals surface area contributed by atoms with Crippen LogP contribution in [0.4, 0.5) is 10.5 Å². The van der Waals surface area contributed by atoms with Crippen LogP contribution in [0.25, 0.3) is 0 Å². The molecule has 0 spiro atoms. The van der Waals surface area contributed by atoms with Crippen molar-refractivity contribution in [1.82, 2.24) is 4.90 Å². The van der Waals surface area contributed by atoms with Gasteiger partial charge in [-0.3, -0.25) is 4.79 Å². The lowest BCUT2D eigenvalue weighted by molar-refractivity contribution is -0.133. The first-order valence-corrected chi connectivity index (χ1v) is 7.05. The molecule has 3 N–H and O–H groups in total. The van der Waals surface area contributed by atoms with Crippen molar-refractivity contribution < 1.29 is 14.3 Å². The molecule has 1 aliphatic rings. The summed E-state index contributed by atoms with van der Waals surface area (Å²) in [6, 6.07) is 6.88. The fourth-order valence-corrected chi connectivity index (χ4v) is 2.28. The van der Waals surface area contributed by atoms with Gasteiger partial charge in [0, 0.05) is 12.2 Å². The van der Waals surface area contributed by atoms with Crippen molar-refractivity contribution in [2.24, 2.45) is 5.73 Å². The number of amides is 3. The summed E-state index contributed by atoms with van der Waals surface area (Å²) in [6.07, 6.45) is -0.0795. The Morgan fingerprint density at radius 1 is 1.55 bits per heavy atom. The normalized spacial score (nSPS) is 17.6. The highest BCUT2D eigenvalue weighted by molar-refractivity contribution is 5.91. The smallest absolute Gasteiger partial charge is 0.322 e.